The molecular formula is C19H12ClN3O3. The molecule has 0 fully saturated rings. The summed E-state index contributed by atoms with van der Waals surface area (Å²) in [5.74, 6) is -0.244. The summed E-state index contributed by atoms with van der Waals surface area (Å²) in [5.41, 5.74) is 1.86. The Morgan fingerprint density at radius 2 is 1.77 bits per heavy atom. The van der Waals surface area contributed by atoms with Gasteiger partial charge in [-0.2, -0.15) is 10.1 Å². The summed E-state index contributed by atoms with van der Waals surface area (Å²) in [5, 5.41) is 5.89. The van der Waals surface area contributed by atoms with Crippen LogP contribution in [0.5, 0.6) is 5.75 Å². The number of pyridine rings is 1. The Morgan fingerprint density at radius 3 is 2.42 bits per heavy atom. The molecule has 6 nitrogen and oxygen atoms in total. The average Bonchev–Trinajstić information content (AvgIpc) is 2.90. The van der Waals surface area contributed by atoms with E-state index >= 15 is 0 Å². The van der Waals surface area contributed by atoms with Gasteiger partial charge in [-0.1, -0.05) is 23.7 Å². The molecule has 0 N–H and O–H groups in total. The predicted molar refractivity (Wildman–Crippen MR) is 97.8 cm³/mol. The molecule has 7 heteroatoms. The van der Waals surface area contributed by atoms with Crippen LogP contribution in [0, 0.1) is 0 Å². The molecule has 1 aliphatic rings. The van der Waals surface area contributed by atoms with Crippen LogP contribution in [0.15, 0.2) is 53.6 Å². The second-order valence-electron chi connectivity index (χ2n) is 5.64. The highest BCUT2D eigenvalue weighted by Crippen LogP contribution is 2.25. The number of halogens is 1. The molecule has 2 amide bonds. The van der Waals surface area contributed by atoms with Crippen molar-refractivity contribution in [1.82, 2.24) is 9.99 Å². The number of hydrogen-bond donors (Lipinski definition) is 0. The zero-order chi connectivity index (χ0) is 18.3. The van der Waals surface area contributed by atoms with Gasteiger partial charge in [0.25, 0.3) is 11.8 Å². The molecule has 0 saturated carbocycles. The summed E-state index contributed by atoms with van der Waals surface area (Å²) >= 11 is 6.20. The molecule has 1 aromatic heterocycles. The maximum Gasteiger partial charge on any atom is 0.282 e. The number of rotatable bonds is 3. The third-order valence-electron chi connectivity index (χ3n) is 4.09. The van der Waals surface area contributed by atoms with Crippen molar-refractivity contribution >= 4 is 40.5 Å². The van der Waals surface area contributed by atoms with Gasteiger partial charge >= 0.3 is 0 Å². The summed E-state index contributed by atoms with van der Waals surface area (Å²) < 4.78 is 5.21. The lowest BCUT2D eigenvalue weighted by molar-refractivity contribution is 0.0660. The van der Waals surface area contributed by atoms with Crippen LogP contribution >= 0.6 is 11.6 Å². The van der Waals surface area contributed by atoms with Crippen molar-refractivity contribution in [2.24, 2.45) is 5.10 Å². The normalized spacial score (nSPS) is 13.7. The zero-order valence-corrected chi connectivity index (χ0v) is 14.4. The Kier molecular flexibility index (Phi) is 3.89. The van der Waals surface area contributed by atoms with E-state index in [0.29, 0.717) is 28.0 Å². The maximum atomic E-state index is 12.3. The molecule has 0 bridgehead atoms. The lowest BCUT2D eigenvalue weighted by Crippen LogP contribution is -2.24. The minimum absolute atomic E-state index is 0.225. The largest absolute Gasteiger partial charge is 0.497 e. The highest BCUT2D eigenvalue weighted by molar-refractivity contribution is 6.32. The van der Waals surface area contributed by atoms with Gasteiger partial charge in [-0.15, -0.1) is 0 Å². The van der Waals surface area contributed by atoms with Gasteiger partial charge in [-0.3, -0.25) is 9.59 Å². The first-order valence-electron chi connectivity index (χ1n) is 7.74. The second kappa shape index (κ2) is 6.24. The van der Waals surface area contributed by atoms with Gasteiger partial charge in [0.2, 0.25) is 0 Å². The predicted octanol–water partition coefficient (Wildman–Crippen LogP) is 3.53. The number of fused-ring (bicyclic) bond motifs is 2. The van der Waals surface area contributed by atoms with E-state index in [1.54, 1.807) is 49.6 Å². The molecule has 0 saturated heterocycles. The summed E-state index contributed by atoms with van der Waals surface area (Å²) in [7, 11) is 1.58. The molecule has 0 radical (unpaired) electrons. The molecule has 0 atom stereocenters. The van der Waals surface area contributed by atoms with E-state index in [0.717, 1.165) is 10.4 Å². The third-order valence-corrected chi connectivity index (χ3v) is 4.39. The molecule has 2 aromatic carbocycles. The fraction of sp³-hybridized carbons (Fsp3) is 0.0526. The molecule has 0 aliphatic carbocycles. The Hall–Kier alpha value is -3.25. The van der Waals surface area contributed by atoms with Crippen LogP contribution in [0.25, 0.3) is 10.9 Å². The van der Waals surface area contributed by atoms with Gasteiger partial charge in [0.05, 0.1) is 30.0 Å². The van der Waals surface area contributed by atoms with Crippen molar-refractivity contribution in [3.8, 4) is 5.75 Å². The molecule has 1 aliphatic heterocycles. The van der Waals surface area contributed by atoms with Crippen molar-refractivity contribution < 1.29 is 14.3 Å². The molecular weight excluding hydrogens is 354 g/mol. The lowest BCUT2D eigenvalue weighted by atomic mass is 10.1. The molecule has 4 rings (SSSR count). The Labute approximate surface area is 153 Å². The third kappa shape index (κ3) is 2.60. The van der Waals surface area contributed by atoms with E-state index < -0.39 is 11.8 Å². The first-order valence-corrected chi connectivity index (χ1v) is 8.12. The van der Waals surface area contributed by atoms with Crippen LogP contribution in [0.1, 0.15) is 26.3 Å². The topological polar surface area (TPSA) is 71.9 Å². The number of imide groups is 1. The SMILES string of the molecule is COc1ccc2nc(Cl)c(/C=N\N3C(=O)c4ccccc4C3=O)cc2c1. The molecule has 128 valence electrons. The van der Waals surface area contributed by atoms with E-state index in [2.05, 4.69) is 10.1 Å². The fourth-order valence-corrected chi connectivity index (χ4v) is 2.96. The number of nitrogens with zero attached hydrogens (tertiary/aromatic N) is 3. The van der Waals surface area contributed by atoms with E-state index in [1.807, 2.05) is 6.07 Å². The first kappa shape index (κ1) is 16.2. The van der Waals surface area contributed by atoms with Crippen molar-refractivity contribution in [2.45, 2.75) is 0 Å². The number of ether oxygens (including phenoxy) is 1. The van der Waals surface area contributed by atoms with Crippen LogP contribution in [0.3, 0.4) is 0 Å². The standard InChI is InChI=1S/C19H12ClN3O3/c1-26-13-6-7-16-11(9-13)8-12(17(20)22-16)10-21-23-18(24)14-4-2-3-5-15(14)19(23)25/h2-10H,1H3/b21-10-. The van der Waals surface area contributed by atoms with Crippen LogP contribution < -0.4 is 4.74 Å². The molecule has 3 aromatic rings. The smallest absolute Gasteiger partial charge is 0.282 e. The summed E-state index contributed by atoms with van der Waals surface area (Å²) in [6.07, 6.45) is 1.36. The van der Waals surface area contributed by atoms with Crippen molar-refractivity contribution in [3.05, 3.63) is 70.4 Å². The minimum Gasteiger partial charge on any atom is -0.497 e. The number of amides is 2. The van der Waals surface area contributed by atoms with Crippen LogP contribution in [-0.2, 0) is 0 Å². The summed E-state index contributed by atoms with van der Waals surface area (Å²) in [6, 6.07) is 13.8. The van der Waals surface area contributed by atoms with Gasteiger partial charge < -0.3 is 4.74 Å². The molecule has 26 heavy (non-hydrogen) atoms. The van der Waals surface area contributed by atoms with E-state index in [-0.39, 0.29) is 5.15 Å². The van der Waals surface area contributed by atoms with Gasteiger partial charge in [0.15, 0.2) is 0 Å². The quantitative estimate of drug-likeness (QED) is 0.404. The summed E-state index contributed by atoms with van der Waals surface area (Å²) in [4.78, 5) is 29.0. The number of carbonyl (C=O) groups excluding carboxylic acids is 2. The molecule has 0 spiro atoms. The van der Waals surface area contributed by atoms with Gasteiger partial charge in [-0.05, 0) is 36.4 Å². The van der Waals surface area contributed by atoms with E-state index in [1.165, 1.54) is 6.21 Å². The lowest BCUT2D eigenvalue weighted by Gasteiger charge is -2.07. The van der Waals surface area contributed by atoms with Gasteiger partial charge in [-0.25, -0.2) is 4.98 Å². The first-order chi connectivity index (χ1) is 12.6. The molecule has 0 unspecified atom stereocenters. The fourth-order valence-electron chi connectivity index (χ4n) is 2.77. The van der Waals surface area contributed by atoms with Crippen LogP contribution in [0.4, 0.5) is 0 Å². The van der Waals surface area contributed by atoms with Crippen LogP contribution in [0.2, 0.25) is 5.15 Å². The second-order valence-corrected chi connectivity index (χ2v) is 6.00. The monoisotopic (exact) mass is 365 g/mol. The highest BCUT2D eigenvalue weighted by Gasteiger charge is 2.35. The van der Waals surface area contributed by atoms with Crippen molar-refractivity contribution in [2.75, 3.05) is 7.11 Å². The Morgan fingerprint density at radius 1 is 1.08 bits per heavy atom. The summed E-state index contributed by atoms with van der Waals surface area (Å²) in [6.45, 7) is 0. The number of carbonyl (C=O) groups is 2. The molecule has 2 heterocycles. The number of aromatic nitrogens is 1. The Bertz CT molecular complexity index is 1060. The van der Waals surface area contributed by atoms with E-state index in [4.69, 9.17) is 16.3 Å². The minimum atomic E-state index is -0.464. The van der Waals surface area contributed by atoms with Crippen molar-refractivity contribution in [3.63, 3.8) is 0 Å². The highest BCUT2D eigenvalue weighted by atomic mass is 35.5. The maximum absolute atomic E-state index is 12.3. The zero-order valence-electron chi connectivity index (χ0n) is 13.6. The van der Waals surface area contributed by atoms with Gasteiger partial charge in [0, 0.05) is 10.9 Å². The number of methoxy groups -OCH3 is 1. The van der Waals surface area contributed by atoms with Gasteiger partial charge in [0.1, 0.15) is 10.9 Å². The number of hydrogen-bond acceptors (Lipinski definition) is 5. The average molecular weight is 366 g/mol. The van der Waals surface area contributed by atoms with E-state index in [9.17, 15) is 9.59 Å². The number of benzene rings is 2. The van der Waals surface area contributed by atoms with Crippen molar-refractivity contribution in [1.29, 1.82) is 0 Å². The Balaban J connectivity index is 1.70. The van der Waals surface area contributed by atoms with Crippen LogP contribution in [-0.4, -0.2) is 35.1 Å². The number of hydrazone groups is 1.